The number of rotatable bonds is 4. The molecule has 1 unspecified atom stereocenters. The quantitative estimate of drug-likeness (QED) is 0.670. The summed E-state index contributed by atoms with van der Waals surface area (Å²) in [6.07, 6.45) is 0.124. The zero-order valence-electron chi connectivity index (χ0n) is 10.8. The fourth-order valence-corrected chi connectivity index (χ4v) is 2.21. The molecule has 1 amide bonds. The van der Waals surface area contributed by atoms with Crippen LogP contribution in [0.5, 0.6) is 0 Å². The van der Waals surface area contributed by atoms with Crippen molar-refractivity contribution in [2.75, 3.05) is 0 Å². The van der Waals surface area contributed by atoms with Crippen LogP contribution in [-0.4, -0.2) is 17.2 Å². The van der Waals surface area contributed by atoms with Crippen LogP contribution < -0.4 is 5.43 Å². The Morgan fingerprint density at radius 2 is 1.76 bits per heavy atom. The first-order chi connectivity index (χ1) is 10.1. The average molecular weight is 323 g/mol. The van der Waals surface area contributed by atoms with Crippen molar-refractivity contribution in [3.8, 4) is 0 Å². The van der Waals surface area contributed by atoms with Gasteiger partial charge in [-0.25, -0.2) is 5.43 Å². The van der Waals surface area contributed by atoms with Crippen molar-refractivity contribution in [3.05, 3.63) is 69.7 Å². The van der Waals surface area contributed by atoms with Gasteiger partial charge in [-0.05, 0) is 29.3 Å². The largest absolute Gasteiger partial charge is 0.378 e. The molecule has 0 aliphatic rings. The molecule has 0 saturated carbocycles. The predicted molar refractivity (Wildman–Crippen MR) is 83.6 cm³/mol. The van der Waals surface area contributed by atoms with Crippen LogP contribution in [-0.2, 0) is 4.79 Å². The SMILES string of the molecule is O=C(N/N=C/c1cc(Cl)cc(Cl)c1)C(O)c1ccccc1. The maximum Gasteiger partial charge on any atom is 0.273 e. The summed E-state index contributed by atoms with van der Waals surface area (Å²) >= 11 is 11.7. The standard InChI is InChI=1S/C15H12Cl2N2O2/c16-12-6-10(7-13(17)8-12)9-18-19-15(21)14(20)11-4-2-1-3-5-11/h1-9,14,20H,(H,19,21)/b18-9+. The molecule has 0 aromatic heterocycles. The van der Waals surface area contributed by atoms with Gasteiger partial charge in [0.1, 0.15) is 0 Å². The van der Waals surface area contributed by atoms with Crippen molar-refractivity contribution in [1.29, 1.82) is 0 Å². The Morgan fingerprint density at radius 1 is 1.14 bits per heavy atom. The Hall–Kier alpha value is -1.88. The van der Waals surface area contributed by atoms with E-state index in [2.05, 4.69) is 10.5 Å². The van der Waals surface area contributed by atoms with E-state index in [4.69, 9.17) is 23.2 Å². The summed E-state index contributed by atoms with van der Waals surface area (Å²) in [5.74, 6) is -0.620. The van der Waals surface area contributed by atoms with Crippen LogP contribution in [0.3, 0.4) is 0 Å². The van der Waals surface area contributed by atoms with Crippen molar-refractivity contribution in [1.82, 2.24) is 5.43 Å². The van der Waals surface area contributed by atoms with Gasteiger partial charge >= 0.3 is 0 Å². The number of halogens is 2. The number of nitrogens with one attached hydrogen (secondary N) is 1. The van der Waals surface area contributed by atoms with Crippen LogP contribution in [0.25, 0.3) is 0 Å². The lowest BCUT2D eigenvalue weighted by molar-refractivity contribution is -0.129. The number of carbonyl (C=O) groups excluding carboxylic acids is 1. The third-order valence-corrected chi connectivity index (χ3v) is 3.07. The van der Waals surface area contributed by atoms with Gasteiger partial charge in [-0.3, -0.25) is 4.79 Å². The summed E-state index contributed by atoms with van der Waals surface area (Å²) < 4.78 is 0. The second kappa shape index (κ2) is 7.22. The van der Waals surface area contributed by atoms with Crippen molar-refractivity contribution >= 4 is 35.3 Å². The molecule has 2 N–H and O–H groups in total. The second-order valence-corrected chi connectivity index (χ2v) is 5.12. The molecule has 0 spiro atoms. The number of hydrogen-bond donors (Lipinski definition) is 2. The van der Waals surface area contributed by atoms with Gasteiger partial charge in [0.05, 0.1) is 6.21 Å². The minimum absolute atomic E-state index is 0.472. The van der Waals surface area contributed by atoms with Crippen LogP contribution in [0.4, 0.5) is 0 Å². The van der Waals surface area contributed by atoms with Gasteiger partial charge in [0.25, 0.3) is 5.91 Å². The lowest BCUT2D eigenvalue weighted by Gasteiger charge is -2.08. The van der Waals surface area contributed by atoms with E-state index >= 15 is 0 Å². The maximum absolute atomic E-state index is 11.7. The Kier molecular flexibility index (Phi) is 5.33. The van der Waals surface area contributed by atoms with Crippen LogP contribution >= 0.6 is 23.2 Å². The molecule has 108 valence electrons. The predicted octanol–water partition coefficient (Wildman–Crippen LogP) is 3.18. The Labute approximate surface area is 132 Å². The van der Waals surface area contributed by atoms with E-state index in [1.54, 1.807) is 48.5 Å². The number of carbonyl (C=O) groups is 1. The summed E-state index contributed by atoms with van der Waals surface area (Å²) in [5.41, 5.74) is 3.40. The number of benzene rings is 2. The average Bonchev–Trinajstić information content (AvgIpc) is 2.46. The van der Waals surface area contributed by atoms with Crippen LogP contribution in [0, 0.1) is 0 Å². The van der Waals surface area contributed by atoms with E-state index in [-0.39, 0.29) is 0 Å². The topological polar surface area (TPSA) is 61.7 Å². The van der Waals surface area contributed by atoms with Crippen molar-refractivity contribution in [2.24, 2.45) is 5.10 Å². The minimum Gasteiger partial charge on any atom is -0.378 e. The molecular formula is C15H12Cl2N2O2. The number of aliphatic hydroxyl groups excluding tert-OH is 1. The molecule has 0 aliphatic carbocycles. The monoisotopic (exact) mass is 322 g/mol. The molecule has 1 atom stereocenters. The summed E-state index contributed by atoms with van der Waals surface area (Å²) in [5, 5.41) is 14.6. The minimum atomic E-state index is -1.27. The highest BCUT2D eigenvalue weighted by Crippen LogP contribution is 2.18. The molecule has 6 heteroatoms. The highest BCUT2D eigenvalue weighted by Gasteiger charge is 2.15. The highest BCUT2D eigenvalue weighted by atomic mass is 35.5. The molecule has 21 heavy (non-hydrogen) atoms. The van der Waals surface area contributed by atoms with E-state index in [0.29, 0.717) is 21.2 Å². The Balaban J connectivity index is 1.99. The number of amides is 1. The zero-order chi connectivity index (χ0) is 15.2. The summed E-state index contributed by atoms with van der Waals surface area (Å²) in [4.78, 5) is 11.7. The Morgan fingerprint density at radius 3 is 2.38 bits per heavy atom. The van der Waals surface area contributed by atoms with Crippen molar-refractivity contribution < 1.29 is 9.90 Å². The van der Waals surface area contributed by atoms with E-state index in [9.17, 15) is 9.90 Å². The summed E-state index contributed by atoms with van der Waals surface area (Å²) in [7, 11) is 0. The van der Waals surface area contributed by atoms with Crippen molar-refractivity contribution in [2.45, 2.75) is 6.10 Å². The van der Waals surface area contributed by atoms with Gasteiger partial charge in [-0.15, -0.1) is 0 Å². The van der Waals surface area contributed by atoms with Crippen molar-refractivity contribution in [3.63, 3.8) is 0 Å². The molecule has 0 bridgehead atoms. The first-order valence-corrected chi connectivity index (χ1v) is 6.84. The number of aliphatic hydroxyl groups is 1. The normalized spacial score (nSPS) is 12.3. The molecule has 0 heterocycles. The number of hydrogen-bond acceptors (Lipinski definition) is 3. The fourth-order valence-electron chi connectivity index (χ4n) is 1.67. The lowest BCUT2D eigenvalue weighted by atomic mass is 10.1. The number of hydrazone groups is 1. The smallest absolute Gasteiger partial charge is 0.273 e. The van der Waals surface area contributed by atoms with Gasteiger partial charge < -0.3 is 5.11 Å². The van der Waals surface area contributed by atoms with Crippen LogP contribution in [0.2, 0.25) is 10.0 Å². The van der Waals surface area contributed by atoms with E-state index < -0.39 is 12.0 Å². The summed E-state index contributed by atoms with van der Waals surface area (Å²) in [6, 6.07) is 13.5. The molecule has 0 radical (unpaired) electrons. The van der Waals surface area contributed by atoms with Gasteiger partial charge in [-0.2, -0.15) is 5.10 Å². The van der Waals surface area contributed by atoms with Gasteiger partial charge in [-0.1, -0.05) is 53.5 Å². The first-order valence-electron chi connectivity index (χ1n) is 6.08. The lowest BCUT2D eigenvalue weighted by Crippen LogP contribution is -2.25. The van der Waals surface area contributed by atoms with E-state index in [0.717, 1.165) is 0 Å². The van der Waals surface area contributed by atoms with E-state index in [1.165, 1.54) is 6.21 Å². The van der Waals surface area contributed by atoms with Gasteiger partial charge in [0.15, 0.2) is 6.10 Å². The number of nitrogens with zero attached hydrogens (tertiary/aromatic N) is 1. The molecule has 0 aliphatic heterocycles. The van der Waals surface area contributed by atoms with E-state index in [1.807, 2.05) is 0 Å². The Bertz CT molecular complexity index is 640. The fraction of sp³-hybridized carbons (Fsp3) is 0.0667. The molecule has 0 fully saturated rings. The molecule has 4 nitrogen and oxygen atoms in total. The van der Waals surface area contributed by atoms with Gasteiger partial charge in [0, 0.05) is 10.0 Å². The maximum atomic E-state index is 11.7. The third-order valence-electron chi connectivity index (χ3n) is 2.64. The first kappa shape index (κ1) is 15.5. The molecular weight excluding hydrogens is 311 g/mol. The zero-order valence-corrected chi connectivity index (χ0v) is 12.3. The molecule has 2 rings (SSSR count). The van der Waals surface area contributed by atoms with Crippen LogP contribution in [0.1, 0.15) is 17.2 Å². The molecule has 2 aromatic rings. The summed E-state index contributed by atoms with van der Waals surface area (Å²) in [6.45, 7) is 0. The second-order valence-electron chi connectivity index (χ2n) is 4.25. The van der Waals surface area contributed by atoms with Gasteiger partial charge in [0.2, 0.25) is 0 Å². The third kappa shape index (κ3) is 4.56. The highest BCUT2D eigenvalue weighted by molar-refractivity contribution is 6.35. The molecule has 0 saturated heterocycles. The molecule has 2 aromatic carbocycles. The van der Waals surface area contributed by atoms with Crippen LogP contribution in [0.15, 0.2) is 53.6 Å².